The zero-order valence-electron chi connectivity index (χ0n) is 12.5. The number of rotatable bonds is 4. The van der Waals surface area contributed by atoms with Crippen LogP contribution in [-0.2, 0) is 11.3 Å². The summed E-state index contributed by atoms with van der Waals surface area (Å²) in [7, 11) is 1.30. The van der Waals surface area contributed by atoms with E-state index in [9.17, 15) is 13.6 Å². The van der Waals surface area contributed by atoms with E-state index in [0.717, 1.165) is 9.75 Å². The van der Waals surface area contributed by atoms with Crippen molar-refractivity contribution in [3.8, 4) is 10.6 Å². The summed E-state index contributed by atoms with van der Waals surface area (Å²) in [4.78, 5) is 13.7. The molecule has 0 unspecified atom stereocenters. The molecule has 2 heterocycles. The van der Waals surface area contributed by atoms with E-state index in [-0.39, 0.29) is 0 Å². The van der Waals surface area contributed by atoms with Gasteiger partial charge in [-0.15, -0.1) is 11.3 Å². The van der Waals surface area contributed by atoms with Crippen LogP contribution in [0.25, 0.3) is 21.5 Å². The van der Waals surface area contributed by atoms with E-state index in [4.69, 9.17) is 4.74 Å². The first-order valence-corrected chi connectivity index (χ1v) is 7.75. The highest BCUT2D eigenvalue weighted by Gasteiger charge is 2.18. The minimum Gasteiger partial charge on any atom is -0.465 e. The summed E-state index contributed by atoms with van der Waals surface area (Å²) < 4.78 is 31.6. The summed E-state index contributed by atoms with van der Waals surface area (Å²) in [5.74, 6) is -0.471. The molecule has 0 amide bonds. The van der Waals surface area contributed by atoms with Crippen molar-refractivity contribution in [3.63, 3.8) is 0 Å². The Bertz CT molecular complexity index is 870. The van der Waals surface area contributed by atoms with Crippen LogP contribution in [0.5, 0.6) is 0 Å². The Morgan fingerprint density at radius 1 is 1.35 bits per heavy atom. The fraction of sp³-hybridized carbons (Fsp3) is 0.250. The van der Waals surface area contributed by atoms with E-state index < -0.39 is 18.9 Å². The van der Waals surface area contributed by atoms with Gasteiger partial charge in [-0.3, -0.25) is 4.68 Å². The molecule has 120 valence electrons. The average molecular weight is 336 g/mol. The number of aromatic nitrogens is 2. The number of nitrogens with zero attached hydrogens (tertiary/aromatic N) is 2. The molecule has 0 fully saturated rings. The van der Waals surface area contributed by atoms with Gasteiger partial charge >= 0.3 is 5.97 Å². The zero-order valence-corrected chi connectivity index (χ0v) is 13.4. The highest BCUT2D eigenvalue weighted by molar-refractivity contribution is 7.15. The fourth-order valence-electron chi connectivity index (χ4n) is 2.44. The fourth-order valence-corrected chi connectivity index (χ4v) is 3.30. The van der Waals surface area contributed by atoms with Gasteiger partial charge in [0.15, 0.2) is 0 Å². The minimum absolute atomic E-state index is 0.367. The molecule has 0 aliphatic carbocycles. The Morgan fingerprint density at radius 3 is 2.74 bits per heavy atom. The smallest absolute Gasteiger partial charge is 0.337 e. The maximum Gasteiger partial charge on any atom is 0.337 e. The first-order chi connectivity index (χ1) is 11.0. The lowest BCUT2D eigenvalue weighted by molar-refractivity contribution is 0.0601. The van der Waals surface area contributed by atoms with Gasteiger partial charge in [0.1, 0.15) is 12.2 Å². The number of hydrogen-bond donors (Lipinski definition) is 0. The monoisotopic (exact) mass is 336 g/mol. The molecule has 0 N–H and O–H groups in total. The molecule has 2 aromatic heterocycles. The van der Waals surface area contributed by atoms with Crippen LogP contribution in [0.15, 0.2) is 30.3 Å². The average Bonchev–Trinajstić information content (AvgIpc) is 3.09. The molecule has 0 saturated carbocycles. The second-order valence-corrected chi connectivity index (χ2v) is 6.34. The number of halogens is 2. The molecule has 7 heteroatoms. The number of fused-ring (bicyclic) bond motifs is 1. The number of thiophene rings is 1. The zero-order chi connectivity index (χ0) is 16.6. The number of benzene rings is 1. The van der Waals surface area contributed by atoms with Gasteiger partial charge in [0.05, 0.1) is 23.1 Å². The maximum atomic E-state index is 12.8. The van der Waals surface area contributed by atoms with Crippen LogP contribution in [0.3, 0.4) is 0 Å². The van der Waals surface area contributed by atoms with Gasteiger partial charge in [-0.05, 0) is 37.3 Å². The highest BCUT2D eigenvalue weighted by Crippen LogP contribution is 2.33. The molecular weight excluding hydrogens is 322 g/mol. The van der Waals surface area contributed by atoms with Crippen molar-refractivity contribution in [2.24, 2.45) is 0 Å². The standard InChI is InChI=1S/C16H14F2N2O2S/c1-9-3-6-13(23-9)15-11-7-10(16(21)22-2)4-5-12(11)20(19-15)8-14(17)18/h3-7,14H,8H2,1-2H3. The van der Waals surface area contributed by atoms with Gasteiger partial charge in [-0.1, -0.05) is 0 Å². The second-order valence-electron chi connectivity index (χ2n) is 5.06. The van der Waals surface area contributed by atoms with E-state index in [1.165, 1.54) is 23.1 Å². The van der Waals surface area contributed by atoms with Gasteiger partial charge in [0.2, 0.25) is 0 Å². The second kappa shape index (κ2) is 6.08. The van der Waals surface area contributed by atoms with Crippen molar-refractivity contribution < 1.29 is 18.3 Å². The van der Waals surface area contributed by atoms with Crippen LogP contribution in [0.2, 0.25) is 0 Å². The third-order valence-electron chi connectivity index (χ3n) is 3.46. The molecular formula is C16H14F2N2O2S. The minimum atomic E-state index is -2.50. The van der Waals surface area contributed by atoms with Crippen molar-refractivity contribution >= 4 is 28.2 Å². The normalized spacial score (nSPS) is 11.3. The third kappa shape index (κ3) is 2.96. The van der Waals surface area contributed by atoms with E-state index in [1.54, 1.807) is 18.2 Å². The van der Waals surface area contributed by atoms with Crippen LogP contribution < -0.4 is 0 Å². The number of aryl methyl sites for hydroxylation is 1. The van der Waals surface area contributed by atoms with Crippen molar-refractivity contribution in [1.82, 2.24) is 9.78 Å². The predicted octanol–water partition coefficient (Wildman–Crippen LogP) is 4.12. The first kappa shape index (κ1) is 15.6. The largest absolute Gasteiger partial charge is 0.465 e. The number of carbonyl (C=O) groups is 1. The molecule has 3 aromatic rings. The number of alkyl halides is 2. The van der Waals surface area contributed by atoms with Gasteiger partial charge in [0, 0.05) is 10.3 Å². The molecule has 4 nitrogen and oxygen atoms in total. The van der Waals surface area contributed by atoms with E-state index in [2.05, 4.69) is 5.10 Å². The molecule has 0 atom stereocenters. The summed E-state index contributed by atoms with van der Waals surface area (Å²) in [6.45, 7) is 1.48. The molecule has 1 aromatic carbocycles. The number of esters is 1. The summed E-state index contributed by atoms with van der Waals surface area (Å²) in [6.07, 6.45) is -2.50. The Balaban J connectivity index is 2.21. The van der Waals surface area contributed by atoms with Gasteiger partial charge < -0.3 is 4.74 Å². The molecule has 0 aliphatic heterocycles. The SMILES string of the molecule is COC(=O)c1ccc2c(c1)c(-c1ccc(C)s1)nn2CC(F)F. The lowest BCUT2D eigenvalue weighted by Crippen LogP contribution is -2.08. The molecule has 3 rings (SSSR count). The molecule has 23 heavy (non-hydrogen) atoms. The molecule has 0 radical (unpaired) electrons. The van der Waals surface area contributed by atoms with Crippen molar-refractivity contribution in [2.45, 2.75) is 19.9 Å². The van der Waals surface area contributed by atoms with Crippen LogP contribution in [-0.4, -0.2) is 29.3 Å². The third-order valence-corrected chi connectivity index (χ3v) is 4.46. The van der Waals surface area contributed by atoms with Gasteiger partial charge in [-0.2, -0.15) is 5.10 Å². The highest BCUT2D eigenvalue weighted by atomic mass is 32.1. The Morgan fingerprint density at radius 2 is 2.13 bits per heavy atom. The van der Waals surface area contributed by atoms with E-state index in [0.29, 0.717) is 22.2 Å². The van der Waals surface area contributed by atoms with E-state index in [1.807, 2.05) is 19.1 Å². The Kier molecular flexibility index (Phi) is 4.12. The Hall–Kier alpha value is -2.28. The summed E-state index contributed by atoms with van der Waals surface area (Å²) in [5, 5.41) is 5.00. The van der Waals surface area contributed by atoms with Crippen LogP contribution in [0.4, 0.5) is 8.78 Å². The lowest BCUT2D eigenvalue weighted by atomic mass is 10.1. The van der Waals surface area contributed by atoms with Gasteiger partial charge in [0.25, 0.3) is 6.43 Å². The molecule has 0 saturated heterocycles. The molecule has 0 spiro atoms. The van der Waals surface area contributed by atoms with E-state index >= 15 is 0 Å². The number of carbonyl (C=O) groups excluding carboxylic acids is 1. The number of methoxy groups -OCH3 is 1. The topological polar surface area (TPSA) is 44.1 Å². The Labute approximate surface area is 135 Å². The van der Waals surface area contributed by atoms with Crippen LogP contribution >= 0.6 is 11.3 Å². The summed E-state index contributed by atoms with van der Waals surface area (Å²) >= 11 is 1.53. The van der Waals surface area contributed by atoms with Crippen LogP contribution in [0, 0.1) is 6.92 Å². The summed E-state index contributed by atoms with van der Waals surface area (Å²) in [5.41, 5.74) is 1.54. The maximum absolute atomic E-state index is 12.8. The summed E-state index contributed by atoms with van der Waals surface area (Å²) in [6, 6.07) is 8.67. The van der Waals surface area contributed by atoms with Gasteiger partial charge in [-0.25, -0.2) is 13.6 Å². The lowest BCUT2D eigenvalue weighted by Gasteiger charge is -2.03. The molecule has 0 bridgehead atoms. The predicted molar refractivity (Wildman–Crippen MR) is 85.1 cm³/mol. The number of hydrogen-bond acceptors (Lipinski definition) is 4. The van der Waals surface area contributed by atoms with Crippen molar-refractivity contribution in [3.05, 3.63) is 40.8 Å². The molecule has 0 aliphatic rings. The van der Waals surface area contributed by atoms with Crippen LogP contribution in [0.1, 0.15) is 15.2 Å². The van der Waals surface area contributed by atoms with Crippen molar-refractivity contribution in [1.29, 1.82) is 0 Å². The first-order valence-electron chi connectivity index (χ1n) is 6.93. The van der Waals surface area contributed by atoms with Crippen molar-refractivity contribution in [2.75, 3.05) is 7.11 Å². The number of ether oxygens (including phenoxy) is 1. The quantitative estimate of drug-likeness (QED) is 0.673.